The normalized spacial score (nSPS) is 10.6. The lowest BCUT2D eigenvalue weighted by Crippen LogP contribution is -1.93. The zero-order chi connectivity index (χ0) is 14.4. The molecule has 0 aromatic heterocycles. The van der Waals surface area contributed by atoms with E-state index in [2.05, 4.69) is 27.8 Å². The Morgan fingerprint density at radius 1 is 1.05 bits per heavy atom. The molecular formula is C18H13BrO. The SMILES string of the molecule is CC(=O)C(C#Cc1ccc(Br)cc1)=Cc1ccccc1. The summed E-state index contributed by atoms with van der Waals surface area (Å²) < 4.78 is 1.01. The van der Waals surface area contributed by atoms with Crippen LogP contribution < -0.4 is 0 Å². The lowest BCUT2D eigenvalue weighted by Gasteiger charge is -1.96. The summed E-state index contributed by atoms with van der Waals surface area (Å²) >= 11 is 3.38. The number of hydrogen-bond acceptors (Lipinski definition) is 1. The minimum atomic E-state index is -0.0292. The van der Waals surface area contributed by atoms with E-state index in [9.17, 15) is 4.79 Å². The molecule has 2 heteroatoms. The first-order valence-electron chi connectivity index (χ1n) is 6.20. The van der Waals surface area contributed by atoms with Gasteiger partial charge in [0.05, 0.1) is 5.57 Å². The molecule has 1 nitrogen and oxygen atoms in total. The predicted molar refractivity (Wildman–Crippen MR) is 86.1 cm³/mol. The summed E-state index contributed by atoms with van der Waals surface area (Å²) in [5.41, 5.74) is 2.37. The third-order valence-corrected chi connectivity index (χ3v) is 3.20. The van der Waals surface area contributed by atoms with Gasteiger partial charge in [0, 0.05) is 10.0 Å². The Morgan fingerprint density at radius 2 is 1.70 bits per heavy atom. The summed E-state index contributed by atoms with van der Waals surface area (Å²) in [6.45, 7) is 1.53. The average Bonchev–Trinajstić information content (AvgIpc) is 2.46. The molecular weight excluding hydrogens is 312 g/mol. The van der Waals surface area contributed by atoms with Gasteiger partial charge < -0.3 is 0 Å². The maximum absolute atomic E-state index is 11.6. The maximum atomic E-state index is 11.6. The number of hydrogen-bond donors (Lipinski definition) is 0. The van der Waals surface area contributed by atoms with Gasteiger partial charge in [-0.05, 0) is 42.8 Å². The molecule has 0 aliphatic heterocycles. The van der Waals surface area contributed by atoms with Crippen LogP contribution >= 0.6 is 15.9 Å². The van der Waals surface area contributed by atoms with Crippen LogP contribution in [0.25, 0.3) is 6.08 Å². The maximum Gasteiger partial charge on any atom is 0.168 e. The van der Waals surface area contributed by atoms with Gasteiger partial charge in [-0.2, -0.15) is 0 Å². The molecule has 0 radical (unpaired) electrons. The molecule has 0 amide bonds. The van der Waals surface area contributed by atoms with E-state index in [-0.39, 0.29) is 5.78 Å². The first-order chi connectivity index (χ1) is 9.65. The molecule has 0 bridgehead atoms. The molecule has 0 atom stereocenters. The highest BCUT2D eigenvalue weighted by Gasteiger charge is 2.00. The standard InChI is InChI=1S/C18H13BrO/c1-14(20)17(13-16-5-3-2-4-6-16)10-7-15-8-11-18(19)12-9-15/h2-6,8-9,11-13H,1H3. The van der Waals surface area contributed by atoms with Crippen LogP contribution in [0.5, 0.6) is 0 Å². The molecule has 0 unspecified atom stereocenters. The Bertz CT molecular complexity index is 686. The van der Waals surface area contributed by atoms with Gasteiger partial charge in [0.1, 0.15) is 0 Å². The van der Waals surface area contributed by atoms with E-state index in [1.165, 1.54) is 6.92 Å². The summed E-state index contributed by atoms with van der Waals surface area (Å²) in [5.74, 6) is 5.93. The minimum Gasteiger partial charge on any atom is -0.294 e. The molecule has 0 aliphatic rings. The van der Waals surface area contributed by atoms with E-state index >= 15 is 0 Å². The largest absolute Gasteiger partial charge is 0.294 e. The van der Waals surface area contributed by atoms with Gasteiger partial charge in [0.25, 0.3) is 0 Å². The lowest BCUT2D eigenvalue weighted by molar-refractivity contribution is -0.113. The van der Waals surface area contributed by atoms with Gasteiger partial charge >= 0.3 is 0 Å². The van der Waals surface area contributed by atoms with Crippen LogP contribution in [0.1, 0.15) is 18.1 Å². The molecule has 0 spiro atoms. The number of benzene rings is 2. The van der Waals surface area contributed by atoms with Crippen LogP contribution in [0.4, 0.5) is 0 Å². The van der Waals surface area contributed by atoms with E-state index in [0.717, 1.165) is 15.6 Å². The molecule has 0 saturated carbocycles. The fourth-order valence-electron chi connectivity index (χ4n) is 1.61. The van der Waals surface area contributed by atoms with Crippen LogP contribution in [0.15, 0.2) is 64.6 Å². The highest BCUT2D eigenvalue weighted by atomic mass is 79.9. The van der Waals surface area contributed by atoms with Crippen LogP contribution in [-0.4, -0.2) is 5.78 Å². The van der Waals surface area contributed by atoms with E-state index in [1.54, 1.807) is 0 Å². The summed E-state index contributed by atoms with van der Waals surface area (Å²) in [5, 5.41) is 0. The monoisotopic (exact) mass is 324 g/mol. The van der Waals surface area contributed by atoms with Crippen LogP contribution in [0, 0.1) is 11.8 Å². The van der Waals surface area contributed by atoms with Gasteiger partial charge in [-0.15, -0.1) is 0 Å². The number of carbonyl (C=O) groups is 1. The number of Topliss-reactive ketones (excluding diaryl/α,β-unsaturated/α-hetero) is 1. The highest BCUT2D eigenvalue weighted by molar-refractivity contribution is 9.10. The zero-order valence-corrected chi connectivity index (χ0v) is 12.6. The van der Waals surface area contributed by atoms with E-state index in [4.69, 9.17) is 0 Å². The third kappa shape index (κ3) is 4.22. The fourth-order valence-corrected chi connectivity index (χ4v) is 1.88. The number of allylic oxidation sites excluding steroid dienone is 1. The Hall–Kier alpha value is -2.11. The van der Waals surface area contributed by atoms with E-state index < -0.39 is 0 Å². The molecule has 0 heterocycles. The van der Waals surface area contributed by atoms with Crippen molar-refractivity contribution in [3.63, 3.8) is 0 Å². The van der Waals surface area contributed by atoms with Crippen molar-refractivity contribution in [2.24, 2.45) is 0 Å². The number of ketones is 1. The summed E-state index contributed by atoms with van der Waals surface area (Å²) in [7, 11) is 0. The Balaban J connectivity index is 2.30. The number of rotatable bonds is 2. The van der Waals surface area contributed by atoms with Gasteiger partial charge in [-0.3, -0.25) is 4.79 Å². The second-order valence-corrected chi connectivity index (χ2v) is 5.20. The summed E-state index contributed by atoms with van der Waals surface area (Å²) in [6.07, 6.45) is 1.81. The van der Waals surface area contributed by atoms with Crippen LogP contribution in [0.2, 0.25) is 0 Å². The Morgan fingerprint density at radius 3 is 2.30 bits per heavy atom. The second-order valence-electron chi connectivity index (χ2n) is 4.28. The third-order valence-electron chi connectivity index (χ3n) is 2.68. The Labute approximate surface area is 127 Å². The lowest BCUT2D eigenvalue weighted by atomic mass is 10.1. The molecule has 0 saturated heterocycles. The second kappa shape index (κ2) is 6.88. The van der Waals surface area contributed by atoms with Crippen molar-refractivity contribution in [2.45, 2.75) is 6.92 Å². The molecule has 2 aromatic carbocycles. The first kappa shape index (κ1) is 14.3. The van der Waals surface area contributed by atoms with Gasteiger partial charge in [-0.1, -0.05) is 58.1 Å². The van der Waals surface area contributed by atoms with E-state index in [0.29, 0.717) is 5.57 Å². The van der Waals surface area contributed by atoms with E-state index in [1.807, 2.05) is 60.7 Å². The quantitative estimate of drug-likeness (QED) is 0.588. The Kier molecular flexibility index (Phi) is 4.92. The molecule has 98 valence electrons. The van der Waals surface area contributed by atoms with Crippen molar-refractivity contribution in [1.82, 2.24) is 0 Å². The topological polar surface area (TPSA) is 17.1 Å². The van der Waals surface area contributed by atoms with Crippen molar-refractivity contribution in [1.29, 1.82) is 0 Å². The first-order valence-corrected chi connectivity index (χ1v) is 7.00. The van der Waals surface area contributed by atoms with Crippen molar-refractivity contribution < 1.29 is 4.79 Å². The molecule has 0 N–H and O–H groups in total. The van der Waals surface area contributed by atoms with Gasteiger partial charge in [0.2, 0.25) is 0 Å². The van der Waals surface area contributed by atoms with Crippen molar-refractivity contribution >= 4 is 27.8 Å². The molecule has 20 heavy (non-hydrogen) atoms. The summed E-state index contributed by atoms with van der Waals surface area (Å²) in [4.78, 5) is 11.6. The van der Waals surface area contributed by atoms with Crippen LogP contribution in [0.3, 0.4) is 0 Å². The minimum absolute atomic E-state index is 0.0292. The smallest absolute Gasteiger partial charge is 0.168 e. The van der Waals surface area contributed by atoms with Gasteiger partial charge in [-0.25, -0.2) is 0 Å². The molecule has 2 aromatic rings. The zero-order valence-electron chi connectivity index (χ0n) is 11.1. The van der Waals surface area contributed by atoms with Crippen molar-refractivity contribution in [3.8, 4) is 11.8 Å². The number of halogens is 1. The average molecular weight is 325 g/mol. The molecule has 0 fully saturated rings. The van der Waals surface area contributed by atoms with Crippen molar-refractivity contribution in [2.75, 3.05) is 0 Å². The molecule has 0 aliphatic carbocycles. The number of carbonyl (C=O) groups excluding carboxylic acids is 1. The highest BCUT2D eigenvalue weighted by Crippen LogP contribution is 2.10. The van der Waals surface area contributed by atoms with Gasteiger partial charge in [0.15, 0.2) is 5.78 Å². The summed E-state index contributed by atoms with van der Waals surface area (Å²) in [6, 6.07) is 17.4. The fraction of sp³-hybridized carbons (Fsp3) is 0.0556. The predicted octanol–water partition coefficient (Wildman–Crippen LogP) is 4.47. The van der Waals surface area contributed by atoms with Crippen molar-refractivity contribution in [3.05, 3.63) is 75.8 Å². The molecule has 2 rings (SSSR count). The van der Waals surface area contributed by atoms with Crippen LogP contribution in [-0.2, 0) is 4.79 Å².